The van der Waals surface area contributed by atoms with Crippen LogP contribution in [0.2, 0.25) is 0 Å². The van der Waals surface area contributed by atoms with Gasteiger partial charge in [0.1, 0.15) is 0 Å². The van der Waals surface area contributed by atoms with Crippen LogP contribution in [0, 0.1) is 0 Å². The SMILES string of the molecule is O=C(O)N1CC=C(c2ccc(CN3CCOCC3)cc2)CC1. The van der Waals surface area contributed by atoms with Crippen molar-refractivity contribution in [3.8, 4) is 0 Å². The maximum absolute atomic E-state index is 10.9. The summed E-state index contributed by atoms with van der Waals surface area (Å²) in [5.41, 5.74) is 3.76. The summed E-state index contributed by atoms with van der Waals surface area (Å²) in [6, 6.07) is 8.65. The summed E-state index contributed by atoms with van der Waals surface area (Å²) in [6.45, 7) is 5.68. The van der Waals surface area contributed by atoms with E-state index >= 15 is 0 Å². The van der Waals surface area contributed by atoms with Gasteiger partial charge in [-0.3, -0.25) is 4.90 Å². The summed E-state index contributed by atoms with van der Waals surface area (Å²) < 4.78 is 5.37. The molecule has 2 heterocycles. The third-order valence-corrected chi connectivity index (χ3v) is 4.31. The molecule has 0 radical (unpaired) electrons. The summed E-state index contributed by atoms with van der Waals surface area (Å²) >= 11 is 0. The first-order valence-electron chi connectivity index (χ1n) is 7.79. The first kappa shape index (κ1) is 15.1. The summed E-state index contributed by atoms with van der Waals surface area (Å²) in [5.74, 6) is 0. The molecule has 1 aromatic carbocycles. The van der Waals surface area contributed by atoms with Crippen molar-refractivity contribution in [3.05, 3.63) is 41.5 Å². The second kappa shape index (κ2) is 6.94. The van der Waals surface area contributed by atoms with Gasteiger partial charge in [-0.2, -0.15) is 0 Å². The van der Waals surface area contributed by atoms with E-state index in [1.54, 1.807) is 0 Å². The normalized spacial score (nSPS) is 19.8. The van der Waals surface area contributed by atoms with Gasteiger partial charge in [0, 0.05) is 32.7 Å². The predicted octanol–water partition coefficient (Wildman–Crippen LogP) is 2.29. The molecular weight excluding hydrogens is 280 g/mol. The Balaban J connectivity index is 1.60. The van der Waals surface area contributed by atoms with Crippen LogP contribution in [-0.2, 0) is 11.3 Å². The number of hydrogen-bond donors (Lipinski definition) is 1. The Labute approximate surface area is 130 Å². The van der Waals surface area contributed by atoms with Crippen molar-refractivity contribution < 1.29 is 14.6 Å². The minimum atomic E-state index is -0.837. The summed E-state index contributed by atoms with van der Waals surface area (Å²) in [7, 11) is 0. The number of benzene rings is 1. The smallest absolute Gasteiger partial charge is 0.407 e. The number of carbonyl (C=O) groups is 1. The molecule has 0 spiro atoms. The molecule has 1 aromatic rings. The lowest BCUT2D eigenvalue weighted by atomic mass is 9.98. The van der Waals surface area contributed by atoms with Gasteiger partial charge in [0.2, 0.25) is 0 Å². The molecule has 2 aliphatic heterocycles. The van der Waals surface area contributed by atoms with Crippen LogP contribution in [0.25, 0.3) is 5.57 Å². The topological polar surface area (TPSA) is 53.0 Å². The van der Waals surface area contributed by atoms with E-state index < -0.39 is 6.09 Å². The molecule has 1 fully saturated rings. The van der Waals surface area contributed by atoms with Crippen LogP contribution in [0.1, 0.15) is 17.5 Å². The van der Waals surface area contributed by atoms with Gasteiger partial charge in [-0.25, -0.2) is 4.79 Å². The Morgan fingerprint density at radius 2 is 1.86 bits per heavy atom. The maximum atomic E-state index is 10.9. The standard InChI is InChI=1S/C17H22N2O3/c20-17(21)19-7-5-16(6-8-19)15-3-1-14(2-4-15)13-18-9-11-22-12-10-18/h1-5H,6-13H2,(H,20,21). The van der Waals surface area contributed by atoms with Crippen molar-refractivity contribution in [2.24, 2.45) is 0 Å². The molecule has 5 heteroatoms. The average molecular weight is 302 g/mol. The molecule has 0 atom stereocenters. The van der Waals surface area contributed by atoms with Crippen LogP contribution in [0.3, 0.4) is 0 Å². The van der Waals surface area contributed by atoms with Gasteiger partial charge in [0.05, 0.1) is 13.2 Å². The monoisotopic (exact) mass is 302 g/mol. The molecule has 22 heavy (non-hydrogen) atoms. The van der Waals surface area contributed by atoms with E-state index in [-0.39, 0.29) is 0 Å². The Morgan fingerprint density at radius 3 is 2.45 bits per heavy atom. The minimum Gasteiger partial charge on any atom is -0.465 e. The number of rotatable bonds is 3. The van der Waals surface area contributed by atoms with Crippen molar-refractivity contribution in [1.82, 2.24) is 9.80 Å². The molecule has 1 saturated heterocycles. The van der Waals surface area contributed by atoms with Crippen LogP contribution in [-0.4, -0.2) is 60.4 Å². The largest absolute Gasteiger partial charge is 0.465 e. The van der Waals surface area contributed by atoms with Gasteiger partial charge in [0.15, 0.2) is 0 Å². The fourth-order valence-corrected chi connectivity index (χ4v) is 2.95. The zero-order valence-corrected chi connectivity index (χ0v) is 12.7. The zero-order chi connectivity index (χ0) is 15.4. The number of ether oxygens (including phenoxy) is 1. The summed E-state index contributed by atoms with van der Waals surface area (Å²) in [6.07, 6.45) is 1.97. The first-order valence-corrected chi connectivity index (χ1v) is 7.79. The average Bonchev–Trinajstić information content (AvgIpc) is 2.57. The zero-order valence-electron chi connectivity index (χ0n) is 12.7. The van der Waals surface area contributed by atoms with Gasteiger partial charge in [-0.05, 0) is 23.1 Å². The van der Waals surface area contributed by atoms with Crippen molar-refractivity contribution in [1.29, 1.82) is 0 Å². The molecule has 0 unspecified atom stereocenters. The Morgan fingerprint density at radius 1 is 1.14 bits per heavy atom. The second-order valence-electron chi connectivity index (χ2n) is 5.79. The Bertz CT molecular complexity index is 548. The maximum Gasteiger partial charge on any atom is 0.407 e. The highest BCUT2D eigenvalue weighted by atomic mass is 16.5. The fraction of sp³-hybridized carbons (Fsp3) is 0.471. The fourth-order valence-electron chi connectivity index (χ4n) is 2.95. The molecule has 0 saturated carbocycles. The lowest BCUT2D eigenvalue weighted by Crippen LogP contribution is -2.35. The van der Waals surface area contributed by atoms with E-state index in [1.165, 1.54) is 21.6 Å². The van der Waals surface area contributed by atoms with Crippen LogP contribution < -0.4 is 0 Å². The van der Waals surface area contributed by atoms with Crippen LogP contribution in [0.4, 0.5) is 4.79 Å². The van der Waals surface area contributed by atoms with E-state index in [1.807, 2.05) is 6.08 Å². The quantitative estimate of drug-likeness (QED) is 0.931. The van der Waals surface area contributed by atoms with Gasteiger partial charge >= 0.3 is 6.09 Å². The lowest BCUT2D eigenvalue weighted by molar-refractivity contribution is 0.0342. The highest BCUT2D eigenvalue weighted by Gasteiger charge is 2.16. The molecule has 0 aromatic heterocycles. The number of carboxylic acid groups (broad SMARTS) is 1. The molecule has 5 nitrogen and oxygen atoms in total. The molecule has 3 rings (SSSR count). The van der Waals surface area contributed by atoms with E-state index in [9.17, 15) is 4.79 Å². The highest BCUT2D eigenvalue weighted by molar-refractivity contribution is 5.71. The van der Waals surface area contributed by atoms with Crippen molar-refractivity contribution >= 4 is 11.7 Å². The second-order valence-corrected chi connectivity index (χ2v) is 5.79. The van der Waals surface area contributed by atoms with E-state index in [4.69, 9.17) is 9.84 Å². The van der Waals surface area contributed by atoms with Crippen LogP contribution >= 0.6 is 0 Å². The minimum absolute atomic E-state index is 0.486. The number of morpholine rings is 1. The number of nitrogens with zero attached hydrogens (tertiary/aromatic N) is 2. The summed E-state index contributed by atoms with van der Waals surface area (Å²) in [4.78, 5) is 14.8. The number of hydrogen-bond acceptors (Lipinski definition) is 3. The van der Waals surface area contributed by atoms with E-state index in [2.05, 4.69) is 29.2 Å². The van der Waals surface area contributed by atoms with Gasteiger partial charge < -0.3 is 14.7 Å². The van der Waals surface area contributed by atoms with E-state index in [0.29, 0.717) is 13.1 Å². The highest BCUT2D eigenvalue weighted by Crippen LogP contribution is 2.23. The molecule has 1 amide bonds. The van der Waals surface area contributed by atoms with Crippen molar-refractivity contribution in [2.75, 3.05) is 39.4 Å². The van der Waals surface area contributed by atoms with Gasteiger partial charge in [-0.1, -0.05) is 30.3 Å². The molecular formula is C17H22N2O3. The number of amides is 1. The van der Waals surface area contributed by atoms with Gasteiger partial charge in [-0.15, -0.1) is 0 Å². The third kappa shape index (κ3) is 3.67. The molecule has 118 valence electrons. The third-order valence-electron chi connectivity index (χ3n) is 4.31. The van der Waals surface area contributed by atoms with Crippen LogP contribution in [0.15, 0.2) is 30.3 Å². The molecule has 2 aliphatic rings. The predicted molar refractivity (Wildman–Crippen MR) is 84.7 cm³/mol. The first-order chi connectivity index (χ1) is 10.7. The van der Waals surface area contributed by atoms with Gasteiger partial charge in [0.25, 0.3) is 0 Å². The lowest BCUT2D eigenvalue weighted by Gasteiger charge is -2.27. The molecule has 1 N–H and O–H groups in total. The summed E-state index contributed by atoms with van der Waals surface area (Å²) in [5, 5.41) is 8.97. The van der Waals surface area contributed by atoms with Crippen LogP contribution in [0.5, 0.6) is 0 Å². The molecule has 0 bridgehead atoms. The Hall–Kier alpha value is -1.85. The van der Waals surface area contributed by atoms with E-state index in [0.717, 1.165) is 39.3 Å². The molecule has 0 aliphatic carbocycles. The van der Waals surface area contributed by atoms with Crippen molar-refractivity contribution in [2.45, 2.75) is 13.0 Å². The van der Waals surface area contributed by atoms with Crippen molar-refractivity contribution in [3.63, 3.8) is 0 Å². The Kier molecular flexibility index (Phi) is 4.75.